The van der Waals surface area contributed by atoms with Crippen LogP contribution in [0, 0.1) is 5.82 Å². The van der Waals surface area contributed by atoms with Crippen molar-refractivity contribution >= 4 is 37.7 Å². The molecule has 0 saturated carbocycles. The molecule has 8 heteroatoms. The van der Waals surface area contributed by atoms with E-state index >= 15 is 0 Å². The summed E-state index contributed by atoms with van der Waals surface area (Å²) in [6.07, 6.45) is 1.88. The van der Waals surface area contributed by atoms with Crippen molar-refractivity contribution in [2.24, 2.45) is 0 Å². The monoisotopic (exact) mass is 384 g/mol. The van der Waals surface area contributed by atoms with Gasteiger partial charge in [0.2, 0.25) is 10.0 Å². The second-order valence-corrected chi connectivity index (χ2v) is 7.89. The van der Waals surface area contributed by atoms with Crippen molar-refractivity contribution in [3.8, 4) is 0 Å². The number of rotatable bonds is 7. The molecule has 1 unspecified atom stereocenters. The largest absolute Gasteiger partial charge is 0.316 e. The van der Waals surface area contributed by atoms with Crippen LogP contribution in [0.3, 0.4) is 0 Å². The summed E-state index contributed by atoms with van der Waals surface area (Å²) in [5.74, 6) is -0.0931. The highest BCUT2D eigenvalue weighted by Crippen LogP contribution is 2.24. The molecule has 0 fully saturated rings. The Morgan fingerprint density at radius 2 is 2.10 bits per heavy atom. The normalized spacial score (nSPS) is 13.4. The van der Waals surface area contributed by atoms with Crippen LogP contribution in [0.25, 0.3) is 0 Å². The second-order valence-electron chi connectivity index (χ2n) is 4.39. The third kappa shape index (κ3) is 4.70. The summed E-state index contributed by atoms with van der Waals surface area (Å²) in [6, 6.07) is 2.58. The number of thioether (sulfide) groups is 1. The number of sulfonamides is 1. The topological polar surface area (TPSA) is 58.2 Å². The molecule has 0 spiro atoms. The van der Waals surface area contributed by atoms with Crippen molar-refractivity contribution in [1.82, 2.24) is 10.0 Å². The third-order valence-electron chi connectivity index (χ3n) is 2.51. The molecule has 0 amide bonds. The Hall–Kier alpha value is -0.150. The van der Waals surface area contributed by atoms with Gasteiger partial charge in [-0.1, -0.05) is 15.9 Å². The molecule has 114 valence electrons. The first kappa shape index (κ1) is 17.9. The van der Waals surface area contributed by atoms with Crippen LogP contribution < -0.4 is 10.0 Å². The minimum absolute atomic E-state index is 0.258. The molecule has 2 N–H and O–H groups in total. The summed E-state index contributed by atoms with van der Waals surface area (Å²) in [5.41, 5.74) is 0.305. The number of hydrogen-bond donors (Lipinski definition) is 2. The summed E-state index contributed by atoms with van der Waals surface area (Å²) in [5, 5.41) is 2.81. The van der Waals surface area contributed by atoms with Crippen LogP contribution in [0.1, 0.15) is 12.5 Å². The quantitative estimate of drug-likeness (QED) is 0.757. The van der Waals surface area contributed by atoms with Crippen molar-refractivity contribution in [1.29, 1.82) is 0 Å². The predicted octanol–water partition coefficient (Wildman–Crippen LogP) is 2.34. The van der Waals surface area contributed by atoms with Crippen LogP contribution in [0.15, 0.2) is 21.5 Å². The van der Waals surface area contributed by atoms with Crippen molar-refractivity contribution in [2.75, 3.05) is 19.1 Å². The Kier molecular flexibility index (Phi) is 6.93. The predicted molar refractivity (Wildman–Crippen MR) is 85.0 cm³/mol. The lowest BCUT2D eigenvalue weighted by Gasteiger charge is -2.15. The van der Waals surface area contributed by atoms with E-state index in [-0.39, 0.29) is 17.5 Å². The Bertz CT molecular complexity index is 567. The highest BCUT2D eigenvalue weighted by Gasteiger charge is 2.23. The molecule has 0 aromatic heterocycles. The molecule has 0 aliphatic carbocycles. The van der Waals surface area contributed by atoms with Gasteiger partial charge >= 0.3 is 0 Å². The lowest BCUT2D eigenvalue weighted by Crippen LogP contribution is -2.35. The highest BCUT2D eigenvalue weighted by molar-refractivity contribution is 9.10. The van der Waals surface area contributed by atoms with Crippen LogP contribution in [0.4, 0.5) is 4.39 Å². The molecule has 1 rings (SSSR count). The first-order valence-electron chi connectivity index (χ1n) is 5.95. The summed E-state index contributed by atoms with van der Waals surface area (Å²) in [6.45, 7) is 2.01. The smallest absolute Gasteiger partial charge is 0.243 e. The fourth-order valence-electron chi connectivity index (χ4n) is 1.75. The molecule has 0 heterocycles. The molecular formula is C12H18BrFN2O2S2. The summed E-state index contributed by atoms with van der Waals surface area (Å²) >= 11 is 4.74. The number of benzene rings is 1. The zero-order chi connectivity index (χ0) is 15.3. The molecule has 0 radical (unpaired) electrons. The standard InChI is InChI=1S/C12H18BrFN2O2S2/c1-8(7-19-3)16-20(17,18)11-5-10(13)4-9(6-15-2)12(11)14/h4-5,8,15-16H,6-7H2,1-3H3. The van der Waals surface area contributed by atoms with Crippen molar-refractivity contribution < 1.29 is 12.8 Å². The Morgan fingerprint density at radius 1 is 1.45 bits per heavy atom. The second kappa shape index (κ2) is 7.74. The van der Waals surface area contributed by atoms with Gasteiger partial charge in [-0.15, -0.1) is 0 Å². The van der Waals surface area contributed by atoms with E-state index in [0.29, 0.717) is 15.8 Å². The van der Waals surface area contributed by atoms with E-state index in [4.69, 9.17) is 0 Å². The van der Waals surface area contributed by atoms with Gasteiger partial charge in [-0.25, -0.2) is 17.5 Å². The number of halogens is 2. The fraction of sp³-hybridized carbons (Fsp3) is 0.500. The molecule has 20 heavy (non-hydrogen) atoms. The first-order chi connectivity index (χ1) is 9.31. The zero-order valence-corrected chi connectivity index (χ0v) is 14.8. The molecule has 1 aromatic rings. The van der Waals surface area contributed by atoms with Gasteiger partial charge in [-0.3, -0.25) is 0 Å². The van der Waals surface area contributed by atoms with Crippen molar-refractivity contribution in [3.05, 3.63) is 28.0 Å². The lowest BCUT2D eigenvalue weighted by atomic mass is 10.2. The van der Waals surface area contributed by atoms with Crippen molar-refractivity contribution in [2.45, 2.75) is 24.4 Å². The Labute approximate surface area is 132 Å². The van der Waals surface area contributed by atoms with Gasteiger partial charge in [0.25, 0.3) is 0 Å². The Balaban J connectivity index is 3.17. The van der Waals surface area contributed by atoms with E-state index in [1.807, 2.05) is 6.26 Å². The van der Waals surface area contributed by atoms with E-state index in [2.05, 4.69) is 26.0 Å². The van der Waals surface area contributed by atoms with Crippen molar-refractivity contribution in [3.63, 3.8) is 0 Å². The van der Waals surface area contributed by atoms with Gasteiger partial charge in [0.1, 0.15) is 10.7 Å². The lowest BCUT2D eigenvalue weighted by molar-refractivity contribution is 0.540. The van der Waals surface area contributed by atoms with Gasteiger partial charge < -0.3 is 5.32 Å². The maximum absolute atomic E-state index is 14.3. The van der Waals surface area contributed by atoms with Crippen LogP contribution in [-0.4, -0.2) is 33.5 Å². The van der Waals surface area contributed by atoms with Gasteiger partial charge in [0.15, 0.2) is 0 Å². The summed E-state index contributed by atoms with van der Waals surface area (Å²) < 4.78 is 41.8. The molecule has 0 aliphatic rings. The van der Waals surface area contributed by atoms with Crippen LogP contribution in [0.5, 0.6) is 0 Å². The molecular weight excluding hydrogens is 367 g/mol. The molecule has 4 nitrogen and oxygen atoms in total. The molecule has 0 saturated heterocycles. The average molecular weight is 385 g/mol. The van der Waals surface area contributed by atoms with E-state index in [1.54, 1.807) is 20.0 Å². The average Bonchev–Trinajstić information content (AvgIpc) is 2.33. The summed E-state index contributed by atoms with van der Waals surface area (Å²) in [4.78, 5) is -0.329. The molecule has 1 atom stereocenters. The number of hydrogen-bond acceptors (Lipinski definition) is 4. The van der Waals surface area contributed by atoms with Gasteiger partial charge in [-0.2, -0.15) is 11.8 Å². The molecule has 0 aliphatic heterocycles. The first-order valence-corrected chi connectivity index (χ1v) is 9.62. The molecule has 1 aromatic carbocycles. The van der Waals surface area contributed by atoms with Gasteiger partial charge in [0.05, 0.1) is 0 Å². The maximum Gasteiger partial charge on any atom is 0.243 e. The summed E-state index contributed by atoms with van der Waals surface area (Å²) in [7, 11) is -2.20. The minimum Gasteiger partial charge on any atom is -0.316 e. The van der Waals surface area contributed by atoms with E-state index in [1.165, 1.54) is 17.8 Å². The number of nitrogens with one attached hydrogen (secondary N) is 2. The molecule has 0 bridgehead atoms. The minimum atomic E-state index is -3.87. The van der Waals surface area contributed by atoms with E-state index in [9.17, 15) is 12.8 Å². The van der Waals surface area contributed by atoms with Crippen LogP contribution >= 0.6 is 27.7 Å². The van der Waals surface area contributed by atoms with Crippen LogP contribution in [-0.2, 0) is 16.6 Å². The van der Waals surface area contributed by atoms with E-state index in [0.717, 1.165) is 0 Å². The highest BCUT2D eigenvalue weighted by atomic mass is 79.9. The van der Waals surface area contributed by atoms with Gasteiger partial charge in [-0.05, 0) is 32.4 Å². The van der Waals surface area contributed by atoms with Gasteiger partial charge in [0, 0.05) is 28.4 Å². The van der Waals surface area contributed by atoms with Crippen LogP contribution in [0.2, 0.25) is 0 Å². The maximum atomic E-state index is 14.3. The SMILES string of the molecule is CNCc1cc(Br)cc(S(=O)(=O)NC(C)CSC)c1F. The Morgan fingerprint density at radius 3 is 2.65 bits per heavy atom. The third-order valence-corrected chi connectivity index (χ3v) is 5.39. The zero-order valence-electron chi connectivity index (χ0n) is 11.5. The fourth-order valence-corrected chi connectivity index (χ4v) is 4.48. The van der Waals surface area contributed by atoms with E-state index < -0.39 is 15.8 Å².